The highest BCUT2D eigenvalue weighted by Crippen LogP contribution is 2.34. The Bertz CT molecular complexity index is 1580. The van der Waals surface area contributed by atoms with Crippen molar-refractivity contribution >= 4 is 11.2 Å². The Hall–Kier alpha value is -3.86. The van der Waals surface area contributed by atoms with E-state index in [1.54, 1.807) is 36.7 Å². The van der Waals surface area contributed by atoms with Crippen LogP contribution in [0.4, 0.5) is 8.78 Å². The summed E-state index contributed by atoms with van der Waals surface area (Å²) in [6.07, 6.45) is 3.96. The summed E-state index contributed by atoms with van der Waals surface area (Å²) in [5, 5.41) is 9.35. The molecule has 3 heterocycles. The molecule has 3 aromatic heterocycles. The van der Waals surface area contributed by atoms with E-state index >= 15 is 0 Å². The van der Waals surface area contributed by atoms with Gasteiger partial charge in [-0.2, -0.15) is 0 Å². The Kier molecular flexibility index (Phi) is 7.11. The standard InChI is InChI=1S/C27H29F2N5O4/c1-16(2)34-24-22(26(36)32(27(34)37)9-4-10-35)33(14-18-11-19(28)13-20(29)12-18)23(31-24)21-5-3-8-30-25(21)38-15-17-6-7-17/h3,5,8,11-13,16-17,35H,4,6-7,9-10,14-15H2,1-2H3. The second-order valence-electron chi connectivity index (χ2n) is 9.86. The summed E-state index contributed by atoms with van der Waals surface area (Å²) in [4.78, 5) is 36.2. The zero-order valence-electron chi connectivity index (χ0n) is 21.2. The summed E-state index contributed by atoms with van der Waals surface area (Å²) in [7, 11) is 0. The normalized spacial score (nSPS) is 13.5. The number of halogens is 2. The molecule has 0 amide bonds. The molecule has 1 N–H and O–H groups in total. The number of pyridine rings is 1. The molecule has 38 heavy (non-hydrogen) atoms. The predicted octanol–water partition coefficient (Wildman–Crippen LogP) is 3.50. The van der Waals surface area contributed by atoms with Gasteiger partial charge in [0.25, 0.3) is 5.56 Å². The number of benzene rings is 1. The van der Waals surface area contributed by atoms with Gasteiger partial charge in [0.1, 0.15) is 17.5 Å². The highest BCUT2D eigenvalue weighted by Gasteiger charge is 2.27. The number of ether oxygens (including phenoxy) is 1. The van der Waals surface area contributed by atoms with Crippen molar-refractivity contribution in [2.45, 2.75) is 52.2 Å². The smallest absolute Gasteiger partial charge is 0.332 e. The third-order valence-electron chi connectivity index (χ3n) is 6.55. The molecule has 11 heteroatoms. The molecule has 1 aromatic carbocycles. The molecular weight excluding hydrogens is 496 g/mol. The van der Waals surface area contributed by atoms with E-state index in [4.69, 9.17) is 9.72 Å². The number of imidazole rings is 1. The van der Waals surface area contributed by atoms with E-state index in [0.717, 1.165) is 23.5 Å². The van der Waals surface area contributed by atoms with Gasteiger partial charge in [-0.05, 0) is 68.9 Å². The second kappa shape index (κ2) is 10.5. The van der Waals surface area contributed by atoms with Gasteiger partial charge in [0.2, 0.25) is 5.88 Å². The summed E-state index contributed by atoms with van der Waals surface area (Å²) >= 11 is 0. The molecule has 1 fully saturated rings. The zero-order chi connectivity index (χ0) is 27.0. The quantitative estimate of drug-likeness (QED) is 0.340. The van der Waals surface area contributed by atoms with Crippen LogP contribution >= 0.6 is 0 Å². The first-order chi connectivity index (χ1) is 18.3. The lowest BCUT2D eigenvalue weighted by Gasteiger charge is -2.15. The topological polar surface area (TPSA) is 104 Å². The van der Waals surface area contributed by atoms with Crippen LogP contribution in [-0.2, 0) is 13.1 Å². The van der Waals surface area contributed by atoms with Crippen molar-refractivity contribution < 1.29 is 18.6 Å². The van der Waals surface area contributed by atoms with Crippen molar-refractivity contribution in [1.29, 1.82) is 0 Å². The highest BCUT2D eigenvalue weighted by atomic mass is 19.1. The van der Waals surface area contributed by atoms with Gasteiger partial charge in [0.15, 0.2) is 11.2 Å². The molecule has 200 valence electrons. The van der Waals surface area contributed by atoms with Crippen molar-refractivity contribution in [2.75, 3.05) is 13.2 Å². The number of fused-ring (bicyclic) bond motifs is 1. The van der Waals surface area contributed by atoms with Crippen LogP contribution in [0, 0.1) is 17.6 Å². The van der Waals surface area contributed by atoms with Crippen LogP contribution in [0.3, 0.4) is 0 Å². The van der Waals surface area contributed by atoms with Gasteiger partial charge in [-0.1, -0.05) is 0 Å². The van der Waals surface area contributed by atoms with Crippen molar-refractivity contribution in [2.24, 2.45) is 5.92 Å². The fraction of sp³-hybridized carbons (Fsp3) is 0.407. The van der Waals surface area contributed by atoms with Crippen LogP contribution in [0.1, 0.15) is 44.7 Å². The van der Waals surface area contributed by atoms with Crippen LogP contribution in [0.25, 0.3) is 22.6 Å². The van der Waals surface area contributed by atoms with Gasteiger partial charge in [-0.15, -0.1) is 0 Å². The van der Waals surface area contributed by atoms with E-state index in [1.165, 1.54) is 16.7 Å². The molecule has 0 bridgehead atoms. The lowest BCUT2D eigenvalue weighted by atomic mass is 10.2. The Morgan fingerprint density at radius 2 is 1.87 bits per heavy atom. The molecule has 0 unspecified atom stereocenters. The summed E-state index contributed by atoms with van der Waals surface area (Å²) in [5.41, 5.74) is -0.126. The summed E-state index contributed by atoms with van der Waals surface area (Å²) < 4.78 is 38.3. The van der Waals surface area contributed by atoms with E-state index in [-0.39, 0.29) is 54.7 Å². The summed E-state index contributed by atoms with van der Waals surface area (Å²) in [6.45, 7) is 3.81. The van der Waals surface area contributed by atoms with Crippen molar-refractivity contribution in [3.63, 3.8) is 0 Å². The fourth-order valence-electron chi connectivity index (χ4n) is 4.55. The number of hydrogen-bond acceptors (Lipinski definition) is 6. The monoisotopic (exact) mass is 525 g/mol. The third kappa shape index (κ3) is 4.98. The Balaban J connectivity index is 1.80. The third-order valence-corrected chi connectivity index (χ3v) is 6.55. The average Bonchev–Trinajstić information content (AvgIpc) is 3.63. The number of aliphatic hydroxyl groups excluding tert-OH is 1. The number of rotatable bonds is 10. The second-order valence-corrected chi connectivity index (χ2v) is 9.86. The van der Waals surface area contributed by atoms with Crippen molar-refractivity contribution in [1.82, 2.24) is 23.7 Å². The summed E-state index contributed by atoms with van der Waals surface area (Å²) in [6, 6.07) is 6.26. The van der Waals surface area contributed by atoms with Crippen molar-refractivity contribution in [3.8, 4) is 17.3 Å². The van der Waals surface area contributed by atoms with Crippen molar-refractivity contribution in [3.05, 3.63) is 74.6 Å². The van der Waals surface area contributed by atoms with Crippen LogP contribution in [0.15, 0.2) is 46.1 Å². The first-order valence-electron chi connectivity index (χ1n) is 12.7. The number of nitrogens with zero attached hydrogens (tertiary/aromatic N) is 5. The Labute approximate surface area is 217 Å². The zero-order valence-corrected chi connectivity index (χ0v) is 21.2. The van der Waals surface area contributed by atoms with Gasteiger partial charge in [0, 0.05) is 31.5 Å². The van der Waals surface area contributed by atoms with Gasteiger partial charge < -0.3 is 14.4 Å². The molecule has 5 rings (SSSR count). The van der Waals surface area contributed by atoms with Gasteiger partial charge in [-0.25, -0.2) is 23.5 Å². The van der Waals surface area contributed by atoms with Crippen LogP contribution in [-0.4, -0.2) is 42.0 Å². The lowest BCUT2D eigenvalue weighted by Crippen LogP contribution is -2.41. The number of aliphatic hydroxyl groups is 1. The highest BCUT2D eigenvalue weighted by molar-refractivity contribution is 5.78. The number of hydrogen-bond donors (Lipinski definition) is 1. The Morgan fingerprint density at radius 3 is 2.53 bits per heavy atom. The van der Waals surface area contributed by atoms with E-state index in [9.17, 15) is 23.5 Å². The van der Waals surface area contributed by atoms with E-state index in [1.807, 2.05) is 0 Å². The largest absolute Gasteiger partial charge is 0.477 e. The SMILES string of the molecule is CC(C)n1c(=O)n(CCCO)c(=O)c2c1nc(-c1cccnc1OCC1CC1)n2Cc1cc(F)cc(F)c1. The average molecular weight is 526 g/mol. The van der Waals surface area contributed by atoms with Crippen LogP contribution < -0.4 is 16.0 Å². The molecule has 0 aliphatic heterocycles. The minimum atomic E-state index is -0.750. The summed E-state index contributed by atoms with van der Waals surface area (Å²) in [5.74, 6) is -0.431. The molecule has 1 saturated carbocycles. The lowest BCUT2D eigenvalue weighted by molar-refractivity contribution is 0.277. The van der Waals surface area contributed by atoms with Crippen LogP contribution in [0.2, 0.25) is 0 Å². The molecule has 1 aliphatic carbocycles. The molecule has 9 nitrogen and oxygen atoms in total. The molecule has 0 saturated heterocycles. The predicted molar refractivity (Wildman–Crippen MR) is 137 cm³/mol. The number of aromatic nitrogens is 5. The molecule has 1 aliphatic rings. The maximum absolute atomic E-state index is 14.1. The molecule has 0 radical (unpaired) electrons. The molecular formula is C27H29F2N5O4. The molecule has 0 atom stereocenters. The molecule has 0 spiro atoms. The van der Waals surface area contributed by atoms with E-state index in [0.29, 0.717) is 24.0 Å². The van der Waals surface area contributed by atoms with Crippen LogP contribution in [0.5, 0.6) is 5.88 Å². The fourth-order valence-corrected chi connectivity index (χ4v) is 4.55. The van der Waals surface area contributed by atoms with Gasteiger partial charge in [0.05, 0.1) is 18.7 Å². The van der Waals surface area contributed by atoms with Gasteiger partial charge >= 0.3 is 5.69 Å². The van der Waals surface area contributed by atoms with E-state index < -0.39 is 22.9 Å². The minimum Gasteiger partial charge on any atom is -0.477 e. The maximum atomic E-state index is 14.1. The first-order valence-corrected chi connectivity index (χ1v) is 12.7. The van der Waals surface area contributed by atoms with Gasteiger partial charge in [-0.3, -0.25) is 13.9 Å². The minimum absolute atomic E-state index is 0.00851. The van der Waals surface area contributed by atoms with E-state index in [2.05, 4.69) is 4.98 Å². The first kappa shape index (κ1) is 25.8. The Morgan fingerprint density at radius 1 is 1.13 bits per heavy atom. The maximum Gasteiger partial charge on any atom is 0.332 e. The molecule has 4 aromatic rings.